The number of alkyl halides is 2. The molecule has 2 heteroatoms. The molecule has 0 N–H and O–H groups in total. The lowest BCUT2D eigenvalue weighted by Crippen LogP contribution is -2.26. The Balaban J connectivity index is 2.36. The Bertz CT molecular complexity index is 141. The molecule has 0 heterocycles. The van der Waals surface area contributed by atoms with Crippen molar-refractivity contribution in [3.63, 3.8) is 0 Å². The van der Waals surface area contributed by atoms with Gasteiger partial charge in [-0.3, -0.25) is 0 Å². The summed E-state index contributed by atoms with van der Waals surface area (Å²) >= 11 is 0. The van der Waals surface area contributed by atoms with Gasteiger partial charge in [0.15, 0.2) is 0 Å². The molecular formula is C10H18F2. The van der Waals surface area contributed by atoms with Gasteiger partial charge in [0.25, 0.3) is 0 Å². The summed E-state index contributed by atoms with van der Waals surface area (Å²) in [4.78, 5) is 0. The molecule has 0 radical (unpaired) electrons. The minimum absolute atomic E-state index is 0.113. The lowest BCUT2D eigenvalue weighted by atomic mass is 9.82. The maximum Gasteiger partial charge on any atom is 0.248 e. The number of halogens is 2. The zero-order valence-electron chi connectivity index (χ0n) is 7.95. The third-order valence-corrected chi connectivity index (χ3v) is 2.55. The van der Waals surface area contributed by atoms with Crippen molar-refractivity contribution in [2.75, 3.05) is 0 Å². The van der Waals surface area contributed by atoms with Crippen LogP contribution in [0.1, 0.15) is 46.0 Å². The molecule has 0 bridgehead atoms. The second kappa shape index (κ2) is 3.71. The SMILES string of the molecule is CC(C)C[C@@H]1CCCC(F)(F)C1. The molecule has 0 amide bonds. The molecule has 1 aliphatic rings. The van der Waals surface area contributed by atoms with Crippen molar-refractivity contribution in [3.05, 3.63) is 0 Å². The summed E-state index contributed by atoms with van der Waals surface area (Å²) in [7, 11) is 0. The highest BCUT2D eigenvalue weighted by Gasteiger charge is 2.35. The molecular weight excluding hydrogens is 158 g/mol. The van der Waals surface area contributed by atoms with Gasteiger partial charge < -0.3 is 0 Å². The molecule has 0 aromatic heterocycles. The summed E-state index contributed by atoms with van der Waals surface area (Å²) in [5.41, 5.74) is 0. The summed E-state index contributed by atoms with van der Waals surface area (Å²) < 4.78 is 25.8. The zero-order valence-corrected chi connectivity index (χ0v) is 7.95. The Kier molecular flexibility index (Phi) is 3.08. The molecule has 12 heavy (non-hydrogen) atoms. The van der Waals surface area contributed by atoms with Crippen molar-refractivity contribution in [1.29, 1.82) is 0 Å². The molecule has 72 valence electrons. The summed E-state index contributed by atoms with van der Waals surface area (Å²) in [5.74, 6) is -1.53. The molecule has 0 unspecified atom stereocenters. The topological polar surface area (TPSA) is 0 Å². The van der Waals surface area contributed by atoms with Crippen molar-refractivity contribution < 1.29 is 8.78 Å². The fraction of sp³-hybridized carbons (Fsp3) is 1.00. The van der Waals surface area contributed by atoms with Crippen molar-refractivity contribution in [2.45, 2.75) is 51.9 Å². The van der Waals surface area contributed by atoms with E-state index in [4.69, 9.17) is 0 Å². The standard InChI is InChI=1S/C10H18F2/c1-8(2)6-9-4-3-5-10(11,12)7-9/h8-9H,3-7H2,1-2H3/t9-/m0/s1. The monoisotopic (exact) mass is 176 g/mol. The van der Waals surface area contributed by atoms with Crippen LogP contribution in [-0.4, -0.2) is 5.92 Å². The molecule has 1 saturated carbocycles. The van der Waals surface area contributed by atoms with Gasteiger partial charge in [0.2, 0.25) is 5.92 Å². The number of hydrogen-bond donors (Lipinski definition) is 0. The van der Waals surface area contributed by atoms with E-state index in [1.54, 1.807) is 0 Å². The third kappa shape index (κ3) is 3.08. The maximum absolute atomic E-state index is 12.9. The van der Waals surface area contributed by atoms with Crippen LogP contribution in [0.25, 0.3) is 0 Å². The highest BCUT2D eigenvalue weighted by atomic mass is 19.3. The van der Waals surface area contributed by atoms with Crippen LogP contribution in [0.5, 0.6) is 0 Å². The van der Waals surface area contributed by atoms with Gasteiger partial charge >= 0.3 is 0 Å². The minimum atomic E-state index is -2.36. The molecule has 0 spiro atoms. The average molecular weight is 176 g/mol. The van der Waals surface area contributed by atoms with Gasteiger partial charge in [-0.05, 0) is 24.7 Å². The highest BCUT2D eigenvalue weighted by Crippen LogP contribution is 2.38. The average Bonchev–Trinajstić information content (AvgIpc) is 1.82. The van der Waals surface area contributed by atoms with E-state index in [2.05, 4.69) is 13.8 Å². The molecule has 0 aliphatic heterocycles. The van der Waals surface area contributed by atoms with Crippen LogP contribution < -0.4 is 0 Å². The summed E-state index contributed by atoms with van der Waals surface area (Å²) in [6, 6.07) is 0. The van der Waals surface area contributed by atoms with Crippen LogP contribution >= 0.6 is 0 Å². The Morgan fingerprint density at radius 2 is 2.08 bits per heavy atom. The first-order chi connectivity index (χ1) is 5.49. The predicted octanol–water partition coefficient (Wildman–Crippen LogP) is 3.86. The number of rotatable bonds is 2. The van der Waals surface area contributed by atoms with E-state index in [0.717, 1.165) is 12.8 Å². The van der Waals surface area contributed by atoms with Crippen LogP contribution in [0.15, 0.2) is 0 Å². The van der Waals surface area contributed by atoms with Crippen molar-refractivity contribution in [1.82, 2.24) is 0 Å². The zero-order chi connectivity index (χ0) is 9.19. The molecule has 0 aromatic rings. The molecule has 1 fully saturated rings. The molecule has 1 atom stereocenters. The van der Waals surface area contributed by atoms with Crippen LogP contribution in [0.3, 0.4) is 0 Å². The third-order valence-electron chi connectivity index (χ3n) is 2.55. The van der Waals surface area contributed by atoms with E-state index in [0.29, 0.717) is 12.3 Å². The molecule has 1 aliphatic carbocycles. The molecule has 0 saturated heterocycles. The largest absolute Gasteiger partial charge is 0.248 e. The first-order valence-corrected chi connectivity index (χ1v) is 4.87. The second-order valence-electron chi connectivity index (χ2n) is 4.45. The van der Waals surface area contributed by atoms with Crippen molar-refractivity contribution in [2.24, 2.45) is 11.8 Å². The second-order valence-corrected chi connectivity index (χ2v) is 4.45. The quantitative estimate of drug-likeness (QED) is 0.599. The van der Waals surface area contributed by atoms with Gasteiger partial charge in [-0.2, -0.15) is 0 Å². The highest BCUT2D eigenvalue weighted by molar-refractivity contribution is 4.78. The van der Waals surface area contributed by atoms with Gasteiger partial charge in [-0.25, -0.2) is 8.78 Å². The van der Waals surface area contributed by atoms with Gasteiger partial charge in [0.1, 0.15) is 0 Å². The Hall–Kier alpha value is -0.140. The lowest BCUT2D eigenvalue weighted by Gasteiger charge is -2.29. The summed E-state index contributed by atoms with van der Waals surface area (Å²) in [6.07, 6.45) is 2.93. The first kappa shape index (κ1) is 9.94. The minimum Gasteiger partial charge on any atom is -0.207 e. The lowest BCUT2D eigenvalue weighted by molar-refractivity contribution is -0.0550. The fourth-order valence-electron chi connectivity index (χ4n) is 2.14. The normalized spacial score (nSPS) is 29.2. The Morgan fingerprint density at radius 3 is 2.58 bits per heavy atom. The van der Waals surface area contributed by atoms with Crippen molar-refractivity contribution in [3.8, 4) is 0 Å². The van der Waals surface area contributed by atoms with Gasteiger partial charge in [0.05, 0.1) is 0 Å². The van der Waals surface area contributed by atoms with E-state index in [1.807, 2.05) is 0 Å². The van der Waals surface area contributed by atoms with Gasteiger partial charge in [-0.15, -0.1) is 0 Å². The van der Waals surface area contributed by atoms with E-state index in [-0.39, 0.29) is 18.8 Å². The van der Waals surface area contributed by atoms with Crippen LogP contribution in [0.2, 0.25) is 0 Å². The molecule has 1 rings (SSSR count). The van der Waals surface area contributed by atoms with Crippen molar-refractivity contribution >= 4 is 0 Å². The van der Waals surface area contributed by atoms with E-state index < -0.39 is 5.92 Å². The molecule has 0 aromatic carbocycles. The van der Waals surface area contributed by atoms with Crippen LogP contribution in [0, 0.1) is 11.8 Å². The van der Waals surface area contributed by atoms with E-state index >= 15 is 0 Å². The van der Waals surface area contributed by atoms with E-state index in [9.17, 15) is 8.78 Å². The van der Waals surface area contributed by atoms with Gasteiger partial charge in [-0.1, -0.05) is 20.3 Å². The predicted molar refractivity (Wildman–Crippen MR) is 46.4 cm³/mol. The Morgan fingerprint density at radius 1 is 1.42 bits per heavy atom. The molecule has 0 nitrogen and oxygen atoms in total. The first-order valence-electron chi connectivity index (χ1n) is 4.87. The summed E-state index contributed by atoms with van der Waals surface area (Å²) in [5, 5.41) is 0. The number of hydrogen-bond acceptors (Lipinski definition) is 0. The van der Waals surface area contributed by atoms with Crippen LogP contribution in [-0.2, 0) is 0 Å². The Labute approximate surface area is 73.3 Å². The van der Waals surface area contributed by atoms with Crippen LogP contribution in [0.4, 0.5) is 8.78 Å². The van der Waals surface area contributed by atoms with Gasteiger partial charge in [0, 0.05) is 12.8 Å². The smallest absolute Gasteiger partial charge is 0.207 e. The fourth-order valence-corrected chi connectivity index (χ4v) is 2.14. The summed E-state index contributed by atoms with van der Waals surface area (Å²) in [6.45, 7) is 4.21. The van der Waals surface area contributed by atoms with E-state index in [1.165, 1.54) is 0 Å². The maximum atomic E-state index is 12.9.